The summed E-state index contributed by atoms with van der Waals surface area (Å²) in [7, 11) is 4.61. The summed E-state index contributed by atoms with van der Waals surface area (Å²) in [6, 6.07) is 27.7. The number of aryl methyl sites for hydroxylation is 2. The molecule has 42 heavy (non-hydrogen) atoms. The molecule has 5 aromatic rings. The van der Waals surface area contributed by atoms with Gasteiger partial charge >= 0.3 is 0 Å². The standard InChI is InChI=1S/C36H31NO5/c1-21-14-26(18-24-10-6-8-12-28(21)24)32-33(27-15-22(2)29-13-9-7-11-25(29)19-27)36(39)37(35(32)38)20-23-16-30(40-3)34(42-5)31(17-23)41-4/h6-19H,20H2,1-5H3. The van der Waals surface area contributed by atoms with Crippen molar-refractivity contribution < 1.29 is 23.8 Å². The SMILES string of the molecule is COc1cc(CN2C(=O)C(c3cc(C)c4ccccc4c3)=C(c3cc(C)c4ccccc4c3)C2=O)cc(OC)c1OC. The van der Waals surface area contributed by atoms with Gasteiger partial charge in [0.1, 0.15) is 0 Å². The maximum absolute atomic E-state index is 14.3. The predicted octanol–water partition coefficient (Wildman–Crippen LogP) is 7.12. The molecule has 6 heteroatoms. The minimum absolute atomic E-state index is 0.0422. The van der Waals surface area contributed by atoms with E-state index in [0.29, 0.717) is 34.0 Å². The zero-order valence-electron chi connectivity index (χ0n) is 24.3. The number of carbonyl (C=O) groups is 2. The minimum atomic E-state index is -0.343. The molecule has 6 rings (SSSR count). The van der Waals surface area contributed by atoms with Crippen molar-refractivity contribution in [3.63, 3.8) is 0 Å². The van der Waals surface area contributed by atoms with E-state index >= 15 is 0 Å². The number of benzene rings is 5. The number of amides is 2. The van der Waals surface area contributed by atoms with Crippen LogP contribution in [-0.2, 0) is 16.1 Å². The van der Waals surface area contributed by atoms with Crippen LogP contribution in [0.4, 0.5) is 0 Å². The molecule has 0 bridgehead atoms. The fraction of sp³-hybridized carbons (Fsp3) is 0.167. The van der Waals surface area contributed by atoms with Crippen molar-refractivity contribution in [3.05, 3.63) is 113 Å². The number of fused-ring (bicyclic) bond motifs is 2. The van der Waals surface area contributed by atoms with Crippen LogP contribution in [0.3, 0.4) is 0 Å². The molecule has 6 nitrogen and oxygen atoms in total. The lowest BCUT2D eigenvalue weighted by Gasteiger charge is -2.18. The largest absolute Gasteiger partial charge is 0.493 e. The van der Waals surface area contributed by atoms with Crippen LogP contribution in [0, 0.1) is 13.8 Å². The first-order chi connectivity index (χ1) is 20.3. The second-order valence-electron chi connectivity index (χ2n) is 10.5. The third kappa shape index (κ3) is 4.45. The first-order valence-electron chi connectivity index (χ1n) is 13.7. The van der Waals surface area contributed by atoms with Crippen LogP contribution in [0.15, 0.2) is 84.9 Å². The van der Waals surface area contributed by atoms with Crippen LogP contribution in [0.25, 0.3) is 32.7 Å². The normalized spacial score (nSPS) is 13.4. The topological polar surface area (TPSA) is 65.1 Å². The van der Waals surface area contributed by atoms with Crippen LogP contribution in [0.2, 0.25) is 0 Å². The Balaban J connectivity index is 1.53. The minimum Gasteiger partial charge on any atom is -0.493 e. The number of carbonyl (C=O) groups excluding carboxylic acids is 2. The Labute approximate surface area is 244 Å². The van der Waals surface area contributed by atoms with Crippen molar-refractivity contribution in [2.24, 2.45) is 0 Å². The van der Waals surface area contributed by atoms with Crippen molar-refractivity contribution in [2.75, 3.05) is 21.3 Å². The highest BCUT2D eigenvalue weighted by Gasteiger charge is 2.40. The highest BCUT2D eigenvalue weighted by atomic mass is 16.5. The molecule has 210 valence electrons. The molecule has 0 aromatic heterocycles. The molecule has 0 saturated carbocycles. The van der Waals surface area contributed by atoms with Gasteiger partial charge in [-0.1, -0.05) is 60.7 Å². The van der Waals surface area contributed by atoms with Crippen molar-refractivity contribution in [1.29, 1.82) is 0 Å². The van der Waals surface area contributed by atoms with Crippen molar-refractivity contribution in [2.45, 2.75) is 20.4 Å². The highest BCUT2D eigenvalue weighted by molar-refractivity contribution is 6.49. The number of nitrogens with zero attached hydrogens (tertiary/aromatic N) is 1. The lowest BCUT2D eigenvalue weighted by atomic mass is 9.91. The van der Waals surface area contributed by atoms with E-state index < -0.39 is 0 Å². The molecule has 0 aliphatic carbocycles. The molecular weight excluding hydrogens is 526 g/mol. The Morgan fingerprint density at radius 1 is 0.595 bits per heavy atom. The van der Waals surface area contributed by atoms with Gasteiger partial charge in [-0.2, -0.15) is 0 Å². The molecule has 0 radical (unpaired) electrons. The van der Waals surface area contributed by atoms with E-state index in [1.54, 1.807) is 12.1 Å². The van der Waals surface area contributed by atoms with Crippen LogP contribution >= 0.6 is 0 Å². The summed E-state index contributed by atoms with van der Waals surface area (Å²) in [6.07, 6.45) is 0. The lowest BCUT2D eigenvalue weighted by molar-refractivity contribution is -0.136. The maximum Gasteiger partial charge on any atom is 0.262 e. The molecule has 0 spiro atoms. The summed E-state index contributed by atoms with van der Waals surface area (Å²) < 4.78 is 16.5. The summed E-state index contributed by atoms with van der Waals surface area (Å²) >= 11 is 0. The average Bonchev–Trinajstić information content (AvgIpc) is 3.25. The summed E-state index contributed by atoms with van der Waals surface area (Å²) in [5.74, 6) is 0.665. The fourth-order valence-corrected chi connectivity index (χ4v) is 5.96. The number of hydrogen-bond donors (Lipinski definition) is 0. The summed E-state index contributed by atoms with van der Waals surface area (Å²) in [5, 5.41) is 4.24. The highest BCUT2D eigenvalue weighted by Crippen LogP contribution is 2.42. The molecule has 0 unspecified atom stereocenters. The average molecular weight is 558 g/mol. The number of ether oxygens (including phenoxy) is 3. The second-order valence-corrected chi connectivity index (χ2v) is 10.5. The van der Waals surface area contributed by atoms with E-state index in [1.165, 1.54) is 26.2 Å². The van der Waals surface area contributed by atoms with Gasteiger partial charge in [-0.3, -0.25) is 14.5 Å². The number of methoxy groups -OCH3 is 3. The fourth-order valence-electron chi connectivity index (χ4n) is 5.96. The van der Waals surface area contributed by atoms with Gasteiger partial charge in [0.25, 0.3) is 11.8 Å². The van der Waals surface area contributed by atoms with E-state index in [4.69, 9.17) is 14.2 Å². The van der Waals surface area contributed by atoms with Gasteiger partial charge in [-0.05, 0) is 87.5 Å². The Bertz CT molecular complexity index is 1800. The monoisotopic (exact) mass is 557 g/mol. The van der Waals surface area contributed by atoms with Gasteiger partial charge < -0.3 is 14.2 Å². The summed E-state index contributed by atoms with van der Waals surface area (Å²) in [5.41, 5.74) is 4.99. The van der Waals surface area contributed by atoms with Gasteiger partial charge in [-0.25, -0.2) is 0 Å². The Morgan fingerprint density at radius 3 is 1.48 bits per heavy atom. The van der Waals surface area contributed by atoms with E-state index in [0.717, 1.165) is 43.8 Å². The molecule has 0 saturated heterocycles. The van der Waals surface area contributed by atoms with Crippen LogP contribution < -0.4 is 14.2 Å². The van der Waals surface area contributed by atoms with E-state index in [9.17, 15) is 9.59 Å². The Kier molecular flexibility index (Phi) is 6.91. The Hall–Kier alpha value is -5.10. The first-order valence-corrected chi connectivity index (χ1v) is 13.7. The van der Waals surface area contributed by atoms with Gasteiger partial charge in [0.05, 0.1) is 39.0 Å². The number of hydrogen-bond acceptors (Lipinski definition) is 5. The van der Waals surface area contributed by atoms with Crippen LogP contribution in [-0.4, -0.2) is 38.0 Å². The molecule has 1 aliphatic heterocycles. The quantitative estimate of drug-likeness (QED) is 0.200. The van der Waals surface area contributed by atoms with E-state index in [1.807, 2.05) is 74.5 Å². The third-order valence-electron chi connectivity index (χ3n) is 7.95. The molecular formula is C36H31NO5. The first kappa shape index (κ1) is 27.1. The van der Waals surface area contributed by atoms with Gasteiger partial charge in [-0.15, -0.1) is 0 Å². The predicted molar refractivity (Wildman–Crippen MR) is 166 cm³/mol. The molecule has 1 heterocycles. The van der Waals surface area contributed by atoms with Gasteiger partial charge in [0.15, 0.2) is 11.5 Å². The van der Waals surface area contributed by atoms with Crippen molar-refractivity contribution >= 4 is 44.5 Å². The van der Waals surface area contributed by atoms with Crippen molar-refractivity contribution in [1.82, 2.24) is 4.90 Å². The van der Waals surface area contributed by atoms with Crippen LogP contribution in [0.5, 0.6) is 17.2 Å². The molecule has 2 amide bonds. The van der Waals surface area contributed by atoms with Gasteiger partial charge in [0, 0.05) is 0 Å². The maximum atomic E-state index is 14.3. The zero-order chi connectivity index (χ0) is 29.5. The smallest absolute Gasteiger partial charge is 0.262 e. The number of imide groups is 1. The summed E-state index contributed by atoms with van der Waals surface area (Å²) in [4.78, 5) is 29.9. The zero-order valence-corrected chi connectivity index (χ0v) is 24.3. The molecule has 0 N–H and O–H groups in total. The molecule has 0 fully saturated rings. The van der Waals surface area contributed by atoms with Gasteiger partial charge in [0.2, 0.25) is 5.75 Å². The third-order valence-corrected chi connectivity index (χ3v) is 7.95. The number of rotatable bonds is 7. The molecule has 5 aromatic carbocycles. The molecule has 0 atom stereocenters. The van der Waals surface area contributed by atoms with Crippen LogP contribution in [0.1, 0.15) is 27.8 Å². The van der Waals surface area contributed by atoms with E-state index in [-0.39, 0.29) is 18.4 Å². The Morgan fingerprint density at radius 2 is 1.05 bits per heavy atom. The lowest BCUT2D eigenvalue weighted by Crippen LogP contribution is -2.31. The van der Waals surface area contributed by atoms with Crippen molar-refractivity contribution in [3.8, 4) is 17.2 Å². The molecule has 1 aliphatic rings. The summed E-state index contributed by atoms with van der Waals surface area (Å²) in [6.45, 7) is 4.10. The second kappa shape index (κ2) is 10.7. The van der Waals surface area contributed by atoms with E-state index in [2.05, 4.69) is 12.1 Å².